The molecule has 3 rings (SSSR count). The van der Waals surface area contributed by atoms with Gasteiger partial charge >= 0.3 is 0 Å². The Labute approximate surface area is 107 Å². The molecule has 4 heteroatoms. The second-order valence-electron chi connectivity index (χ2n) is 5.11. The van der Waals surface area contributed by atoms with E-state index in [4.69, 9.17) is 11.6 Å². The molecule has 0 spiro atoms. The summed E-state index contributed by atoms with van der Waals surface area (Å²) in [5, 5.41) is 0.771. The predicted molar refractivity (Wildman–Crippen MR) is 70.7 cm³/mol. The van der Waals surface area contributed by atoms with Crippen molar-refractivity contribution in [3.8, 4) is 0 Å². The third-order valence-electron chi connectivity index (χ3n) is 4.24. The molecule has 3 nitrogen and oxygen atoms in total. The van der Waals surface area contributed by atoms with Gasteiger partial charge in [-0.05, 0) is 32.4 Å². The molecule has 3 heterocycles. The van der Waals surface area contributed by atoms with E-state index in [0.29, 0.717) is 6.04 Å². The fourth-order valence-electron chi connectivity index (χ4n) is 3.15. The Balaban J connectivity index is 1.84. The molecular formula is C13H18ClN3. The average molecular weight is 252 g/mol. The van der Waals surface area contributed by atoms with Crippen molar-refractivity contribution in [1.82, 2.24) is 9.88 Å². The number of fused-ring (bicyclic) bond motifs is 2. The highest BCUT2D eigenvalue weighted by molar-refractivity contribution is 6.33. The van der Waals surface area contributed by atoms with Gasteiger partial charge in [-0.15, -0.1) is 0 Å². The number of hydrogen-bond acceptors (Lipinski definition) is 3. The van der Waals surface area contributed by atoms with E-state index >= 15 is 0 Å². The third-order valence-corrected chi connectivity index (χ3v) is 4.53. The van der Waals surface area contributed by atoms with Crippen LogP contribution in [0.2, 0.25) is 5.02 Å². The second kappa shape index (κ2) is 4.46. The first-order valence-corrected chi connectivity index (χ1v) is 6.70. The molecule has 0 aliphatic carbocycles. The van der Waals surface area contributed by atoms with Gasteiger partial charge in [-0.25, -0.2) is 0 Å². The van der Waals surface area contributed by atoms with Gasteiger partial charge in [-0.3, -0.25) is 9.88 Å². The Kier molecular flexibility index (Phi) is 2.97. The zero-order chi connectivity index (χ0) is 11.8. The van der Waals surface area contributed by atoms with E-state index in [2.05, 4.69) is 21.8 Å². The smallest absolute Gasteiger partial charge is 0.0822 e. The molecular weight excluding hydrogens is 234 g/mol. The number of nitrogens with zero attached hydrogens (tertiary/aromatic N) is 3. The topological polar surface area (TPSA) is 19.4 Å². The van der Waals surface area contributed by atoms with Crippen LogP contribution in [0, 0.1) is 0 Å². The molecule has 0 amide bonds. The van der Waals surface area contributed by atoms with Crippen LogP contribution >= 0.6 is 11.6 Å². The average Bonchev–Trinajstić information content (AvgIpc) is 2.55. The van der Waals surface area contributed by atoms with Gasteiger partial charge in [0.2, 0.25) is 0 Å². The maximum absolute atomic E-state index is 6.23. The number of rotatable bonds is 1. The molecule has 2 fully saturated rings. The summed E-state index contributed by atoms with van der Waals surface area (Å²) in [5.41, 5.74) is 1.14. The summed E-state index contributed by atoms with van der Waals surface area (Å²) < 4.78 is 0. The van der Waals surface area contributed by atoms with Crippen LogP contribution in [0.15, 0.2) is 18.5 Å². The van der Waals surface area contributed by atoms with Crippen molar-refractivity contribution in [2.24, 2.45) is 0 Å². The highest BCUT2D eigenvalue weighted by Crippen LogP contribution is 2.32. The standard InChI is InChI=1S/C13H18ClN3/c1-16-10-2-3-11(16)9-17(7-5-10)13-4-6-15-8-12(13)14/h4,6,8,10-11H,2-3,5,7,9H2,1H3. The van der Waals surface area contributed by atoms with Crippen LogP contribution in [-0.2, 0) is 0 Å². The van der Waals surface area contributed by atoms with E-state index in [0.717, 1.165) is 29.8 Å². The number of halogens is 1. The number of hydrogen-bond donors (Lipinski definition) is 0. The van der Waals surface area contributed by atoms with Crippen LogP contribution in [0.1, 0.15) is 19.3 Å². The van der Waals surface area contributed by atoms with Crippen LogP contribution in [0.3, 0.4) is 0 Å². The lowest BCUT2D eigenvalue weighted by Crippen LogP contribution is -2.36. The molecule has 0 aromatic carbocycles. The Bertz CT molecular complexity index is 409. The minimum Gasteiger partial charge on any atom is -0.369 e. The maximum Gasteiger partial charge on any atom is 0.0822 e. The van der Waals surface area contributed by atoms with E-state index in [9.17, 15) is 0 Å². The largest absolute Gasteiger partial charge is 0.369 e. The molecule has 2 aliphatic heterocycles. The minimum absolute atomic E-state index is 0.687. The normalized spacial score (nSPS) is 29.4. The predicted octanol–water partition coefficient (Wildman–Crippen LogP) is 2.41. The van der Waals surface area contributed by atoms with E-state index in [1.807, 2.05) is 12.3 Å². The molecule has 0 saturated carbocycles. The first-order chi connectivity index (χ1) is 8.25. The van der Waals surface area contributed by atoms with Gasteiger partial charge in [-0.2, -0.15) is 0 Å². The third kappa shape index (κ3) is 2.02. The summed E-state index contributed by atoms with van der Waals surface area (Å²) >= 11 is 6.23. The van der Waals surface area contributed by atoms with Crippen LogP contribution in [0.4, 0.5) is 5.69 Å². The SMILES string of the molecule is CN1C2CCC1CN(c1ccncc1Cl)CC2. The minimum atomic E-state index is 0.687. The number of pyridine rings is 1. The highest BCUT2D eigenvalue weighted by Gasteiger charge is 2.34. The summed E-state index contributed by atoms with van der Waals surface area (Å²) in [7, 11) is 2.26. The highest BCUT2D eigenvalue weighted by atomic mass is 35.5. The van der Waals surface area contributed by atoms with E-state index < -0.39 is 0 Å². The molecule has 1 aromatic heterocycles. The molecule has 1 aromatic rings. The van der Waals surface area contributed by atoms with Crippen molar-refractivity contribution in [1.29, 1.82) is 0 Å². The van der Waals surface area contributed by atoms with Crippen molar-refractivity contribution in [2.45, 2.75) is 31.3 Å². The van der Waals surface area contributed by atoms with Gasteiger partial charge in [0.25, 0.3) is 0 Å². The molecule has 0 N–H and O–H groups in total. The van der Waals surface area contributed by atoms with Crippen molar-refractivity contribution in [3.63, 3.8) is 0 Å². The van der Waals surface area contributed by atoms with Crippen molar-refractivity contribution < 1.29 is 0 Å². The number of anilines is 1. The molecule has 17 heavy (non-hydrogen) atoms. The number of likely N-dealkylation sites (N-methyl/N-ethyl adjacent to an activating group) is 1. The summed E-state index contributed by atoms with van der Waals surface area (Å²) in [6, 6.07) is 3.48. The van der Waals surface area contributed by atoms with Gasteiger partial charge in [-0.1, -0.05) is 11.6 Å². The zero-order valence-electron chi connectivity index (χ0n) is 10.1. The molecule has 2 saturated heterocycles. The van der Waals surface area contributed by atoms with Crippen LogP contribution < -0.4 is 4.90 Å². The molecule has 2 unspecified atom stereocenters. The zero-order valence-corrected chi connectivity index (χ0v) is 10.9. The van der Waals surface area contributed by atoms with E-state index in [1.54, 1.807) is 6.20 Å². The summed E-state index contributed by atoms with van der Waals surface area (Å²) in [5.74, 6) is 0. The first kappa shape index (κ1) is 11.3. The van der Waals surface area contributed by atoms with Gasteiger partial charge in [0, 0.05) is 37.6 Å². The van der Waals surface area contributed by atoms with E-state index in [-0.39, 0.29) is 0 Å². The maximum atomic E-state index is 6.23. The van der Waals surface area contributed by atoms with Crippen molar-refractivity contribution >= 4 is 17.3 Å². The van der Waals surface area contributed by atoms with Gasteiger partial charge < -0.3 is 4.90 Å². The molecule has 92 valence electrons. The van der Waals surface area contributed by atoms with Crippen LogP contribution in [0.5, 0.6) is 0 Å². The summed E-state index contributed by atoms with van der Waals surface area (Å²) in [6.45, 7) is 2.20. The Morgan fingerprint density at radius 1 is 1.29 bits per heavy atom. The lowest BCUT2D eigenvalue weighted by atomic mass is 10.1. The quantitative estimate of drug-likeness (QED) is 0.764. The number of aromatic nitrogens is 1. The summed E-state index contributed by atoms with van der Waals surface area (Å²) in [4.78, 5) is 9.03. The van der Waals surface area contributed by atoms with Gasteiger partial charge in [0.15, 0.2) is 0 Å². The van der Waals surface area contributed by atoms with E-state index in [1.165, 1.54) is 19.3 Å². The fourth-order valence-corrected chi connectivity index (χ4v) is 3.39. The van der Waals surface area contributed by atoms with Crippen LogP contribution in [-0.4, -0.2) is 42.1 Å². The Morgan fingerprint density at radius 3 is 2.94 bits per heavy atom. The Morgan fingerprint density at radius 2 is 2.12 bits per heavy atom. The lowest BCUT2D eigenvalue weighted by Gasteiger charge is -2.28. The molecule has 2 aliphatic rings. The van der Waals surface area contributed by atoms with Gasteiger partial charge in [0.05, 0.1) is 10.7 Å². The second-order valence-corrected chi connectivity index (χ2v) is 5.52. The van der Waals surface area contributed by atoms with Gasteiger partial charge in [0.1, 0.15) is 0 Å². The molecule has 2 atom stereocenters. The fraction of sp³-hybridized carbons (Fsp3) is 0.615. The lowest BCUT2D eigenvalue weighted by molar-refractivity contribution is 0.254. The first-order valence-electron chi connectivity index (χ1n) is 6.32. The van der Waals surface area contributed by atoms with Crippen molar-refractivity contribution in [2.75, 3.05) is 25.0 Å². The monoisotopic (exact) mass is 251 g/mol. The molecule has 0 radical (unpaired) electrons. The van der Waals surface area contributed by atoms with Crippen LogP contribution in [0.25, 0.3) is 0 Å². The summed E-state index contributed by atoms with van der Waals surface area (Å²) in [6.07, 6.45) is 7.49. The van der Waals surface area contributed by atoms with Crippen molar-refractivity contribution in [3.05, 3.63) is 23.5 Å². The molecule has 2 bridgehead atoms. The Hall–Kier alpha value is -0.800.